The number of aryl methyl sites for hydroxylation is 2. The number of rotatable bonds is 5. The largest absolute Gasteiger partial charge is 0.380 e. The van der Waals surface area contributed by atoms with Gasteiger partial charge in [0.2, 0.25) is 5.30 Å². The minimum absolute atomic E-state index is 0.0253. The summed E-state index contributed by atoms with van der Waals surface area (Å²) in [5, 5.41) is 0.681. The van der Waals surface area contributed by atoms with Gasteiger partial charge < -0.3 is 0 Å². The Labute approximate surface area is 158 Å². The molecule has 2 unspecified atom stereocenters. The zero-order valence-electron chi connectivity index (χ0n) is 17.0. The standard InChI is InChI=1S/C23H30O2P/c1-8-17(4)26(25)20-12-10-9-11-19(20)22(24)21-15(2)13-18(14-16(21)3)23(5,6)7/h9-14,17H,8H2,1-7H3/q+1. The van der Waals surface area contributed by atoms with E-state index in [1.54, 1.807) is 0 Å². The lowest BCUT2D eigenvalue weighted by Gasteiger charge is -2.22. The SMILES string of the molecule is CCC(C)[P+](=O)c1ccccc1C(=O)c1c(C)cc(C(C)(C)C)cc1C. The zero-order valence-corrected chi connectivity index (χ0v) is 17.9. The highest BCUT2D eigenvalue weighted by atomic mass is 31.1. The Kier molecular flexibility index (Phi) is 6.19. The van der Waals surface area contributed by atoms with E-state index in [0.29, 0.717) is 10.9 Å². The van der Waals surface area contributed by atoms with Crippen LogP contribution in [0.2, 0.25) is 0 Å². The molecular formula is C23H30O2P+. The molecule has 0 heterocycles. The van der Waals surface area contributed by atoms with Crippen LogP contribution in [0.25, 0.3) is 0 Å². The fraction of sp³-hybridized carbons (Fsp3) is 0.435. The molecule has 0 aliphatic rings. The van der Waals surface area contributed by atoms with Crippen LogP contribution < -0.4 is 5.30 Å². The van der Waals surface area contributed by atoms with Gasteiger partial charge in [0, 0.05) is 5.56 Å². The first kappa shape index (κ1) is 20.5. The summed E-state index contributed by atoms with van der Waals surface area (Å²) in [7, 11) is -1.60. The Morgan fingerprint density at radius 3 is 2.12 bits per heavy atom. The van der Waals surface area contributed by atoms with Crippen molar-refractivity contribution in [1.82, 2.24) is 0 Å². The molecule has 0 spiro atoms. The normalized spacial score (nSPS) is 13.4. The van der Waals surface area contributed by atoms with E-state index in [0.717, 1.165) is 23.1 Å². The van der Waals surface area contributed by atoms with E-state index in [4.69, 9.17) is 0 Å². The monoisotopic (exact) mass is 369 g/mol. The van der Waals surface area contributed by atoms with Crippen LogP contribution in [0.1, 0.15) is 73.7 Å². The minimum atomic E-state index is -1.60. The molecule has 2 atom stereocenters. The quantitative estimate of drug-likeness (QED) is 0.472. The summed E-state index contributed by atoms with van der Waals surface area (Å²) in [6.07, 6.45) is 0.829. The lowest BCUT2D eigenvalue weighted by atomic mass is 9.82. The van der Waals surface area contributed by atoms with Crippen LogP contribution >= 0.6 is 7.80 Å². The van der Waals surface area contributed by atoms with Crippen molar-refractivity contribution in [3.63, 3.8) is 0 Å². The number of carbonyl (C=O) groups is 1. The van der Waals surface area contributed by atoms with Crippen molar-refractivity contribution in [2.24, 2.45) is 0 Å². The van der Waals surface area contributed by atoms with Gasteiger partial charge in [0.1, 0.15) is 0 Å². The third-order valence-corrected chi connectivity index (χ3v) is 7.03. The fourth-order valence-corrected chi connectivity index (χ4v) is 4.60. The Bertz CT molecular complexity index is 821. The number of carbonyl (C=O) groups excluding carboxylic acids is 1. The molecule has 2 nitrogen and oxygen atoms in total. The summed E-state index contributed by atoms with van der Waals surface area (Å²) < 4.78 is 12.9. The molecule has 0 bridgehead atoms. The van der Waals surface area contributed by atoms with E-state index in [2.05, 4.69) is 32.9 Å². The van der Waals surface area contributed by atoms with Crippen LogP contribution in [0.15, 0.2) is 36.4 Å². The highest BCUT2D eigenvalue weighted by Gasteiger charge is 2.33. The van der Waals surface area contributed by atoms with Crippen molar-refractivity contribution < 1.29 is 9.36 Å². The van der Waals surface area contributed by atoms with Crippen LogP contribution in [-0.4, -0.2) is 11.4 Å². The second-order valence-electron chi connectivity index (χ2n) is 8.16. The molecule has 0 N–H and O–H groups in total. The van der Waals surface area contributed by atoms with Crippen molar-refractivity contribution in [2.75, 3.05) is 0 Å². The van der Waals surface area contributed by atoms with Gasteiger partial charge in [-0.3, -0.25) is 4.79 Å². The molecule has 2 rings (SSSR count). The first-order valence-electron chi connectivity index (χ1n) is 9.29. The smallest absolute Gasteiger partial charge is 0.288 e. The maximum atomic E-state index is 13.4. The van der Waals surface area contributed by atoms with Crippen molar-refractivity contribution in [2.45, 2.75) is 66.0 Å². The highest BCUT2D eigenvalue weighted by Crippen LogP contribution is 2.33. The van der Waals surface area contributed by atoms with Gasteiger partial charge in [-0.2, -0.15) is 0 Å². The number of ketones is 1. The molecule has 0 aromatic heterocycles. The molecule has 0 aliphatic carbocycles. The summed E-state index contributed by atoms with van der Waals surface area (Å²) in [6, 6.07) is 11.6. The van der Waals surface area contributed by atoms with Crippen molar-refractivity contribution in [1.29, 1.82) is 0 Å². The van der Waals surface area contributed by atoms with Gasteiger partial charge in [0.15, 0.2) is 11.4 Å². The molecule has 2 aromatic rings. The predicted molar refractivity (Wildman–Crippen MR) is 111 cm³/mol. The Balaban J connectivity index is 2.57. The van der Waals surface area contributed by atoms with E-state index in [9.17, 15) is 9.36 Å². The topological polar surface area (TPSA) is 34.1 Å². The molecule has 0 saturated heterocycles. The second kappa shape index (κ2) is 7.84. The Hall–Kier alpha value is -1.79. The molecule has 3 heteroatoms. The van der Waals surface area contributed by atoms with Gasteiger partial charge in [-0.1, -0.05) is 56.5 Å². The van der Waals surface area contributed by atoms with E-state index in [1.807, 2.05) is 52.0 Å². The lowest BCUT2D eigenvalue weighted by Crippen LogP contribution is -2.19. The first-order valence-corrected chi connectivity index (χ1v) is 10.6. The van der Waals surface area contributed by atoms with Gasteiger partial charge in [0.05, 0.1) is 5.56 Å². The van der Waals surface area contributed by atoms with Crippen LogP contribution in [0.5, 0.6) is 0 Å². The van der Waals surface area contributed by atoms with Gasteiger partial charge in [0.25, 0.3) is 0 Å². The molecule has 0 saturated carbocycles. The Morgan fingerprint density at radius 2 is 1.62 bits per heavy atom. The van der Waals surface area contributed by atoms with Crippen molar-refractivity contribution in [3.05, 3.63) is 64.2 Å². The summed E-state index contributed by atoms with van der Waals surface area (Å²) in [5.74, 6) is -0.0253. The molecular weight excluding hydrogens is 339 g/mol. The van der Waals surface area contributed by atoms with Crippen LogP contribution in [0, 0.1) is 13.8 Å². The van der Waals surface area contributed by atoms with Gasteiger partial charge in [-0.25, -0.2) is 0 Å². The van der Waals surface area contributed by atoms with E-state index in [-0.39, 0.29) is 16.9 Å². The van der Waals surface area contributed by atoms with Crippen molar-refractivity contribution >= 4 is 18.9 Å². The average Bonchev–Trinajstić information content (AvgIpc) is 2.58. The van der Waals surface area contributed by atoms with Crippen LogP contribution in [-0.2, 0) is 9.98 Å². The predicted octanol–water partition coefficient (Wildman–Crippen LogP) is 6.08. The summed E-state index contributed by atoms with van der Waals surface area (Å²) >= 11 is 0. The maximum absolute atomic E-state index is 13.4. The molecule has 0 fully saturated rings. The van der Waals surface area contributed by atoms with E-state index < -0.39 is 7.80 Å². The Morgan fingerprint density at radius 1 is 1.08 bits per heavy atom. The minimum Gasteiger partial charge on any atom is -0.288 e. The third kappa shape index (κ3) is 4.13. The molecule has 0 radical (unpaired) electrons. The summed E-state index contributed by atoms with van der Waals surface area (Å²) in [6.45, 7) is 14.5. The second-order valence-corrected chi connectivity index (χ2v) is 10.2. The maximum Gasteiger partial charge on any atom is 0.380 e. The number of hydrogen-bond acceptors (Lipinski definition) is 2. The molecule has 26 heavy (non-hydrogen) atoms. The summed E-state index contributed by atoms with van der Waals surface area (Å²) in [4.78, 5) is 13.4. The lowest BCUT2D eigenvalue weighted by molar-refractivity contribution is 0.103. The molecule has 2 aromatic carbocycles. The molecule has 138 valence electrons. The van der Waals surface area contributed by atoms with Crippen molar-refractivity contribution in [3.8, 4) is 0 Å². The number of benzene rings is 2. The number of hydrogen-bond donors (Lipinski definition) is 0. The summed E-state index contributed by atoms with van der Waals surface area (Å²) in [5.41, 5.74) is 4.59. The molecule has 0 aliphatic heterocycles. The van der Waals surface area contributed by atoms with Gasteiger partial charge in [-0.15, -0.1) is 0 Å². The van der Waals surface area contributed by atoms with Crippen LogP contribution in [0.3, 0.4) is 0 Å². The zero-order chi connectivity index (χ0) is 19.6. The average molecular weight is 369 g/mol. The van der Waals surface area contributed by atoms with Gasteiger partial charge >= 0.3 is 7.80 Å². The van der Waals surface area contributed by atoms with Gasteiger partial charge in [-0.05, 0) is 61.4 Å². The first-order chi connectivity index (χ1) is 12.1. The highest BCUT2D eigenvalue weighted by molar-refractivity contribution is 7.54. The fourth-order valence-electron chi connectivity index (χ4n) is 3.15. The van der Waals surface area contributed by atoms with E-state index in [1.165, 1.54) is 5.56 Å². The third-order valence-electron chi connectivity index (χ3n) is 5.00. The van der Waals surface area contributed by atoms with E-state index >= 15 is 0 Å². The van der Waals surface area contributed by atoms with Crippen LogP contribution in [0.4, 0.5) is 0 Å². The molecule has 0 amide bonds.